The van der Waals surface area contributed by atoms with Crippen LogP contribution in [0.5, 0.6) is 0 Å². The lowest BCUT2D eigenvalue weighted by molar-refractivity contribution is -0.119. The van der Waals surface area contributed by atoms with Crippen molar-refractivity contribution in [2.24, 2.45) is 0 Å². The molecule has 1 amide bonds. The van der Waals surface area contributed by atoms with Gasteiger partial charge in [-0.2, -0.15) is 0 Å². The zero-order valence-corrected chi connectivity index (χ0v) is 10.6. The van der Waals surface area contributed by atoms with Crippen LogP contribution in [0.2, 0.25) is 5.02 Å². The maximum atomic E-state index is 12.0. The van der Waals surface area contributed by atoms with Crippen molar-refractivity contribution in [1.29, 1.82) is 0 Å². The molecular weight excluding hydrogens is 248 g/mol. The number of rotatable bonds is 3. The molecular formula is C10H13ClN2O2S. The van der Waals surface area contributed by atoms with Gasteiger partial charge in [-0.3, -0.25) is 9.00 Å². The molecule has 2 atom stereocenters. The summed E-state index contributed by atoms with van der Waals surface area (Å²) in [5.41, 5.74) is 6.03. The first-order valence-electron chi connectivity index (χ1n) is 4.64. The van der Waals surface area contributed by atoms with Gasteiger partial charge < -0.3 is 11.1 Å². The molecule has 0 fully saturated rings. The minimum atomic E-state index is -1.48. The molecule has 0 saturated carbocycles. The fourth-order valence-electron chi connectivity index (χ4n) is 1.17. The van der Waals surface area contributed by atoms with E-state index in [1.807, 2.05) is 0 Å². The Bertz CT molecular complexity index is 437. The number of hydrogen-bond donors (Lipinski definition) is 2. The van der Waals surface area contributed by atoms with Crippen LogP contribution in [0.4, 0.5) is 5.69 Å². The van der Waals surface area contributed by atoms with E-state index in [2.05, 4.69) is 5.32 Å². The summed E-state index contributed by atoms with van der Waals surface area (Å²) in [6.07, 6.45) is 0. The Hall–Kier alpha value is -1.07. The van der Waals surface area contributed by atoms with Crippen molar-refractivity contribution in [3.63, 3.8) is 0 Å². The normalized spacial score (nSPS) is 14.2. The number of anilines is 1. The number of nitrogens with one attached hydrogen (secondary N) is 1. The average Bonchev–Trinajstić information content (AvgIpc) is 2.26. The highest BCUT2D eigenvalue weighted by Crippen LogP contribution is 2.24. The van der Waals surface area contributed by atoms with E-state index in [1.165, 1.54) is 13.1 Å². The minimum Gasteiger partial charge on any atom is -0.399 e. The molecule has 2 unspecified atom stereocenters. The van der Waals surface area contributed by atoms with Crippen LogP contribution in [-0.2, 0) is 15.6 Å². The maximum Gasteiger partial charge on any atom is 0.235 e. The van der Waals surface area contributed by atoms with Gasteiger partial charge in [0.2, 0.25) is 5.91 Å². The lowest BCUT2D eigenvalue weighted by Gasteiger charge is -2.11. The molecule has 88 valence electrons. The molecule has 1 aromatic carbocycles. The molecule has 0 radical (unpaired) electrons. The topological polar surface area (TPSA) is 72.2 Å². The molecule has 0 bridgehead atoms. The van der Waals surface area contributed by atoms with E-state index in [-0.39, 0.29) is 5.91 Å². The molecule has 0 aromatic heterocycles. The van der Waals surface area contributed by atoms with E-state index >= 15 is 0 Å². The summed E-state index contributed by atoms with van der Waals surface area (Å²) in [6.45, 7) is 1.58. The highest BCUT2D eigenvalue weighted by Gasteiger charge is 2.22. The number of nitrogens with two attached hydrogens (primary N) is 1. The Kier molecular flexibility index (Phi) is 4.32. The molecule has 6 heteroatoms. The number of benzene rings is 1. The number of halogens is 1. The first-order valence-corrected chi connectivity index (χ1v) is 6.23. The second-order valence-corrected chi connectivity index (χ2v) is 5.39. The lowest BCUT2D eigenvalue weighted by atomic mass is 10.3. The third kappa shape index (κ3) is 2.74. The molecule has 3 N–H and O–H groups in total. The van der Waals surface area contributed by atoms with E-state index in [0.29, 0.717) is 15.6 Å². The van der Waals surface area contributed by atoms with Gasteiger partial charge in [-0.15, -0.1) is 0 Å². The summed E-state index contributed by atoms with van der Waals surface area (Å²) < 4.78 is 12.0. The van der Waals surface area contributed by atoms with Crippen LogP contribution in [0.1, 0.15) is 6.92 Å². The first kappa shape index (κ1) is 13.0. The standard InChI is InChI=1S/C10H13ClN2O2S/c1-6(10(14)13-2)16(15)9-4-3-7(12)5-8(9)11/h3-6H,12H2,1-2H3,(H,13,14). The van der Waals surface area contributed by atoms with Crippen molar-refractivity contribution in [3.05, 3.63) is 23.2 Å². The van der Waals surface area contributed by atoms with Gasteiger partial charge in [0, 0.05) is 12.7 Å². The highest BCUT2D eigenvalue weighted by molar-refractivity contribution is 7.86. The second-order valence-electron chi connectivity index (χ2n) is 3.24. The van der Waals surface area contributed by atoms with Gasteiger partial charge in [0.1, 0.15) is 5.25 Å². The van der Waals surface area contributed by atoms with Crippen molar-refractivity contribution < 1.29 is 9.00 Å². The summed E-state index contributed by atoms with van der Waals surface area (Å²) in [5, 5.41) is 2.11. The minimum absolute atomic E-state index is 0.286. The number of carbonyl (C=O) groups excluding carboxylic acids is 1. The van der Waals surface area contributed by atoms with E-state index in [0.717, 1.165) is 0 Å². The zero-order chi connectivity index (χ0) is 12.3. The van der Waals surface area contributed by atoms with Crippen molar-refractivity contribution in [3.8, 4) is 0 Å². The van der Waals surface area contributed by atoms with Gasteiger partial charge in [-0.25, -0.2) is 0 Å². The van der Waals surface area contributed by atoms with E-state index in [1.54, 1.807) is 19.1 Å². The molecule has 0 spiro atoms. The third-order valence-electron chi connectivity index (χ3n) is 2.11. The molecule has 0 aliphatic rings. The number of hydrogen-bond acceptors (Lipinski definition) is 3. The summed E-state index contributed by atoms with van der Waals surface area (Å²) in [6, 6.07) is 4.70. The molecule has 0 aliphatic heterocycles. The SMILES string of the molecule is CNC(=O)C(C)S(=O)c1ccc(N)cc1Cl. The van der Waals surface area contributed by atoms with Gasteiger partial charge in [0.25, 0.3) is 0 Å². The summed E-state index contributed by atoms with van der Waals surface area (Å²) in [7, 11) is 0.0231. The quantitative estimate of drug-likeness (QED) is 0.802. The Balaban J connectivity index is 3.01. The van der Waals surface area contributed by atoms with Gasteiger partial charge >= 0.3 is 0 Å². The van der Waals surface area contributed by atoms with Crippen molar-refractivity contribution in [2.45, 2.75) is 17.1 Å². The lowest BCUT2D eigenvalue weighted by Crippen LogP contribution is -2.32. The van der Waals surface area contributed by atoms with Gasteiger partial charge in [0.15, 0.2) is 0 Å². The number of amides is 1. The van der Waals surface area contributed by atoms with Crippen LogP contribution in [0.25, 0.3) is 0 Å². The molecule has 1 rings (SSSR count). The molecule has 4 nitrogen and oxygen atoms in total. The van der Waals surface area contributed by atoms with Crippen LogP contribution < -0.4 is 11.1 Å². The molecule has 0 heterocycles. The number of carbonyl (C=O) groups is 1. The fourth-order valence-corrected chi connectivity index (χ4v) is 2.73. The Morgan fingerprint density at radius 3 is 2.69 bits per heavy atom. The second kappa shape index (κ2) is 5.32. The third-order valence-corrected chi connectivity index (χ3v) is 4.18. The van der Waals surface area contributed by atoms with Gasteiger partial charge in [-0.05, 0) is 25.1 Å². The van der Waals surface area contributed by atoms with Gasteiger partial charge in [0.05, 0.1) is 20.7 Å². The summed E-state index contributed by atoms with van der Waals surface area (Å²) in [5.74, 6) is -0.286. The van der Waals surface area contributed by atoms with Crippen LogP contribution in [0.3, 0.4) is 0 Å². The maximum absolute atomic E-state index is 12.0. The molecule has 16 heavy (non-hydrogen) atoms. The van der Waals surface area contributed by atoms with Crippen LogP contribution >= 0.6 is 11.6 Å². The zero-order valence-electron chi connectivity index (χ0n) is 8.99. The van der Waals surface area contributed by atoms with Crippen LogP contribution in [-0.4, -0.2) is 22.4 Å². The monoisotopic (exact) mass is 260 g/mol. The molecule has 0 aliphatic carbocycles. The van der Waals surface area contributed by atoms with E-state index in [4.69, 9.17) is 17.3 Å². The molecule has 0 saturated heterocycles. The Labute approximate surface area is 102 Å². The van der Waals surface area contributed by atoms with Crippen molar-refractivity contribution >= 4 is 34.0 Å². The van der Waals surface area contributed by atoms with E-state index < -0.39 is 16.0 Å². The van der Waals surface area contributed by atoms with Gasteiger partial charge in [-0.1, -0.05) is 11.6 Å². The molecule has 1 aromatic rings. The smallest absolute Gasteiger partial charge is 0.235 e. The first-order chi connectivity index (χ1) is 7.47. The predicted molar refractivity (Wildman–Crippen MR) is 65.8 cm³/mol. The van der Waals surface area contributed by atoms with Crippen molar-refractivity contribution in [1.82, 2.24) is 5.32 Å². The Morgan fingerprint density at radius 2 is 2.19 bits per heavy atom. The van der Waals surface area contributed by atoms with Crippen LogP contribution in [0, 0.1) is 0 Å². The Morgan fingerprint density at radius 1 is 1.56 bits per heavy atom. The van der Waals surface area contributed by atoms with E-state index in [9.17, 15) is 9.00 Å². The summed E-state index contributed by atoms with van der Waals surface area (Å²) >= 11 is 5.91. The van der Waals surface area contributed by atoms with Crippen molar-refractivity contribution in [2.75, 3.05) is 12.8 Å². The van der Waals surface area contributed by atoms with Crippen LogP contribution in [0.15, 0.2) is 23.1 Å². The predicted octanol–water partition coefficient (Wildman–Crippen LogP) is 1.16. The number of nitrogen functional groups attached to an aromatic ring is 1. The summed E-state index contributed by atoms with van der Waals surface area (Å²) in [4.78, 5) is 11.8. The average molecular weight is 261 g/mol. The fraction of sp³-hybridized carbons (Fsp3) is 0.300. The largest absolute Gasteiger partial charge is 0.399 e. The highest BCUT2D eigenvalue weighted by atomic mass is 35.5.